The molecule has 5 nitrogen and oxygen atoms in total. The molecule has 1 saturated carbocycles. The van der Waals surface area contributed by atoms with Crippen LogP contribution in [0.1, 0.15) is 44.1 Å². The first-order valence-electron chi connectivity index (χ1n) is 7.77. The molecular weight excluding hydrogens is 268 g/mol. The number of aliphatic hydroxyl groups is 1. The smallest absolute Gasteiger partial charge is 0.292 e. The molecule has 0 bridgehead atoms. The average Bonchev–Trinajstić information content (AvgIpc) is 2.95. The van der Waals surface area contributed by atoms with Crippen LogP contribution in [0.4, 0.5) is 11.4 Å². The van der Waals surface area contributed by atoms with E-state index in [9.17, 15) is 15.2 Å². The Morgan fingerprint density at radius 2 is 1.86 bits per heavy atom. The predicted octanol–water partition coefficient (Wildman–Crippen LogP) is 3.25. The number of piperidine rings is 1. The lowest BCUT2D eigenvalue weighted by molar-refractivity contribution is -0.384. The van der Waals surface area contributed by atoms with Gasteiger partial charge in [0.15, 0.2) is 0 Å². The van der Waals surface area contributed by atoms with Gasteiger partial charge < -0.3 is 10.0 Å². The summed E-state index contributed by atoms with van der Waals surface area (Å²) in [7, 11) is 0. The highest BCUT2D eigenvalue weighted by Gasteiger charge is 2.37. The van der Waals surface area contributed by atoms with Crippen LogP contribution in [0.25, 0.3) is 0 Å². The van der Waals surface area contributed by atoms with E-state index in [1.807, 2.05) is 0 Å². The number of nitrogens with zero attached hydrogens (tertiary/aromatic N) is 2. The summed E-state index contributed by atoms with van der Waals surface area (Å²) in [6.45, 7) is 1.69. The molecule has 1 aliphatic heterocycles. The van der Waals surface area contributed by atoms with Crippen molar-refractivity contribution < 1.29 is 10.0 Å². The molecule has 1 heterocycles. The molecule has 1 spiro atoms. The molecule has 1 saturated heterocycles. The number of aliphatic hydroxyl groups excluding tert-OH is 1. The number of hydrogen-bond acceptors (Lipinski definition) is 4. The number of nitro groups is 1. The van der Waals surface area contributed by atoms with Crippen LogP contribution in [0.5, 0.6) is 0 Å². The van der Waals surface area contributed by atoms with Crippen molar-refractivity contribution in [1.82, 2.24) is 0 Å². The minimum absolute atomic E-state index is 0.0806. The maximum Gasteiger partial charge on any atom is 0.292 e. The van der Waals surface area contributed by atoms with E-state index in [-0.39, 0.29) is 17.2 Å². The fraction of sp³-hybridized carbons (Fsp3) is 0.625. The van der Waals surface area contributed by atoms with Crippen molar-refractivity contribution in [3.05, 3.63) is 33.9 Å². The van der Waals surface area contributed by atoms with Gasteiger partial charge in [-0.2, -0.15) is 0 Å². The summed E-state index contributed by atoms with van der Waals surface area (Å²) in [6.07, 6.45) is 7.57. The number of nitro benzene ring substituents is 1. The topological polar surface area (TPSA) is 66.6 Å². The van der Waals surface area contributed by atoms with E-state index in [0.29, 0.717) is 11.1 Å². The van der Waals surface area contributed by atoms with Crippen LogP contribution in [0.3, 0.4) is 0 Å². The van der Waals surface area contributed by atoms with Gasteiger partial charge in [-0.3, -0.25) is 10.1 Å². The van der Waals surface area contributed by atoms with Gasteiger partial charge in [-0.1, -0.05) is 12.8 Å². The molecule has 0 atom stereocenters. The second kappa shape index (κ2) is 5.64. The fourth-order valence-corrected chi connectivity index (χ4v) is 3.92. The zero-order valence-electron chi connectivity index (χ0n) is 12.3. The fourth-order valence-electron chi connectivity index (χ4n) is 3.92. The van der Waals surface area contributed by atoms with Crippen LogP contribution in [0.2, 0.25) is 0 Å². The minimum atomic E-state index is -0.323. The van der Waals surface area contributed by atoms with Crippen LogP contribution < -0.4 is 4.90 Å². The van der Waals surface area contributed by atoms with Crippen molar-refractivity contribution in [3.8, 4) is 0 Å². The molecule has 1 aliphatic carbocycles. The predicted molar refractivity (Wildman–Crippen MR) is 81.4 cm³/mol. The molecule has 5 heteroatoms. The van der Waals surface area contributed by atoms with Crippen molar-refractivity contribution in [3.63, 3.8) is 0 Å². The van der Waals surface area contributed by atoms with E-state index >= 15 is 0 Å². The standard InChI is InChI=1S/C16H22N2O3/c19-12-13-3-4-14(18(20)21)15(11-13)17-9-7-16(8-10-17)5-1-2-6-16/h3-4,11,19H,1-2,5-10,12H2. The molecule has 1 aromatic carbocycles. The first-order chi connectivity index (χ1) is 10.1. The number of rotatable bonds is 3. The van der Waals surface area contributed by atoms with Gasteiger partial charge in [-0.25, -0.2) is 0 Å². The van der Waals surface area contributed by atoms with Gasteiger partial charge in [-0.15, -0.1) is 0 Å². The Hall–Kier alpha value is -1.62. The summed E-state index contributed by atoms with van der Waals surface area (Å²) in [5.74, 6) is 0. The van der Waals surface area contributed by atoms with Gasteiger partial charge in [0.05, 0.1) is 11.5 Å². The number of hydrogen-bond donors (Lipinski definition) is 1. The first-order valence-corrected chi connectivity index (χ1v) is 7.77. The van der Waals surface area contributed by atoms with Crippen LogP contribution in [0, 0.1) is 15.5 Å². The monoisotopic (exact) mass is 290 g/mol. The number of benzene rings is 1. The largest absolute Gasteiger partial charge is 0.392 e. The van der Waals surface area contributed by atoms with Crippen molar-refractivity contribution in [2.45, 2.75) is 45.1 Å². The molecular formula is C16H22N2O3. The van der Waals surface area contributed by atoms with Crippen LogP contribution in [0.15, 0.2) is 18.2 Å². The molecule has 0 radical (unpaired) electrons. The Kier molecular flexibility index (Phi) is 3.85. The third kappa shape index (κ3) is 2.75. The summed E-state index contributed by atoms with van der Waals surface area (Å²) in [5, 5.41) is 20.5. The maximum absolute atomic E-state index is 11.2. The van der Waals surface area contributed by atoms with Gasteiger partial charge in [0, 0.05) is 19.2 Å². The van der Waals surface area contributed by atoms with Crippen LogP contribution in [-0.2, 0) is 6.61 Å². The van der Waals surface area contributed by atoms with Gasteiger partial charge in [-0.05, 0) is 48.8 Å². The summed E-state index contributed by atoms with van der Waals surface area (Å²) < 4.78 is 0. The van der Waals surface area contributed by atoms with Crippen molar-refractivity contribution >= 4 is 11.4 Å². The zero-order valence-corrected chi connectivity index (χ0v) is 12.3. The molecule has 114 valence electrons. The number of anilines is 1. The molecule has 21 heavy (non-hydrogen) atoms. The van der Waals surface area contributed by atoms with E-state index < -0.39 is 0 Å². The molecule has 2 aliphatic rings. The summed E-state index contributed by atoms with van der Waals surface area (Å²) in [6, 6.07) is 4.91. The summed E-state index contributed by atoms with van der Waals surface area (Å²) >= 11 is 0. The Bertz CT molecular complexity index is 528. The average molecular weight is 290 g/mol. The van der Waals surface area contributed by atoms with Crippen LogP contribution >= 0.6 is 0 Å². The van der Waals surface area contributed by atoms with E-state index in [1.165, 1.54) is 31.7 Å². The molecule has 2 fully saturated rings. The Labute approximate surface area is 124 Å². The molecule has 3 rings (SSSR count). The third-order valence-corrected chi connectivity index (χ3v) is 5.25. The normalized spacial score (nSPS) is 20.9. The second-order valence-electron chi connectivity index (χ2n) is 6.43. The van der Waals surface area contributed by atoms with E-state index in [0.717, 1.165) is 31.5 Å². The Morgan fingerprint density at radius 3 is 2.43 bits per heavy atom. The lowest BCUT2D eigenvalue weighted by Crippen LogP contribution is -2.39. The van der Waals surface area contributed by atoms with E-state index in [2.05, 4.69) is 4.90 Å². The lowest BCUT2D eigenvalue weighted by Gasteiger charge is -2.40. The zero-order chi connectivity index (χ0) is 14.9. The third-order valence-electron chi connectivity index (χ3n) is 5.25. The second-order valence-corrected chi connectivity index (χ2v) is 6.43. The Morgan fingerprint density at radius 1 is 1.19 bits per heavy atom. The minimum Gasteiger partial charge on any atom is -0.392 e. The van der Waals surface area contributed by atoms with Gasteiger partial charge in [0.1, 0.15) is 5.69 Å². The highest BCUT2D eigenvalue weighted by molar-refractivity contribution is 5.64. The molecule has 1 N–H and O–H groups in total. The van der Waals surface area contributed by atoms with Gasteiger partial charge >= 0.3 is 0 Å². The van der Waals surface area contributed by atoms with Crippen molar-refractivity contribution in [1.29, 1.82) is 0 Å². The molecule has 0 unspecified atom stereocenters. The highest BCUT2D eigenvalue weighted by atomic mass is 16.6. The Balaban J connectivity index is 1.82. The van der Waals surface area contributed by atoms with E-state index in [4.69, 9.17) is 0 Å². The molecule has 0 amide bonds. The summed E-state index contributed by atoms with van der Waals surface area (Å²) in [4.78, 5) is 13.0. The first kappa shape index (κ1) is 14.3. The van der Waals surface area contributed by atoms with Gasteiger partial charge in [0.2, 0.25) is 0 Å². The van der Waals surface area contributed by atoms with E-state index in [1.54, 1.807) is 12.1 Å². The SMILES string of the molecule is O=[N+]([O-])c1ccc(CO)cc1N1CCC2(CCCC2)CC1. The molecule has 0 aromatic heterocycles. The summed E-state index contributed by atoms with van der Waals surface area (Å²) in [5.41, 5.74) is 2.05. The molecule has 1 aromatic rings. The van der Waals surface area contributed by atoms with Crippen LogP contribution in [-0.4, -0.2) is 23.1 Å². The van der Waals surface area contributed by atoms with Crippen molar-refractivity contribution in [2.75, 3.05) is 18.0 Å². The highest BCUT2D eigenvalue weighted by Crippen LogP contribution is 2.47. The lowest BCUT2D eigenvalue weighted by atomic mass is 9.77. The maximum atomic E-state index is 11.2. The quantitative estimate of drug-likeness (QED) is 0.685. The van der Waals surface area contributed by atoms with Gasteiger partial charge in [0.25, 0.3) is 5.69 Å². The van der Waals surface area contributed by atoms with Crippen molar-refractivity contribution in [2.24, 2.45) is 5.41 Å².